The van der Waals surface area contributed by atoms with Gasteiger partial charge in [-0.2, -0.15) is 5.90 Å². The fourth-order valence-electron chi connectivity index (χ4n) is 3.74. The summed E-state index contributed by atoms with van der Waals surface area (Å²) in [6.45, 7) is 5.37. The van der Waals surface area contributed by atoms with Gasteiger partial charge in [-0.25, -0.2) is 4.79 Å². The van der Waals surface area contributed by atoms with E-state index in [1.807, 2.05) is 0 Å². The summed E-state index contributed by atoms with van der Waals surface area (Å²) in [5.74, 6) is 0.732. The Hall–Kier alpha value is -1.63. The van der Waals surface area contributed by atoms with Crippen molar-refractivity contribution in [1.82, 2.24) is 0 Å². The van der Waals surface area contributed by atoms with Gasteiger partial charge in [0.2, 0.25) is 0 Å². The maximum Gasteiger partial charge on any atom is 0.463 e. The Bertz CT molecular complexity index is 717. The van der Waals surface area contributed by atoms with E-state index in [1.165, 1.54) is 57.4 Å². The second-order valence-corrected chi connectivity index (χ2v) is 11.4. The summed E-state index contributed by atoms with van der Waals surface area (Å²) in [6.07, 6.45) is 20.4. The van der Waals surface area contributed by atoms with Crippen LogP contribution in [0.25, 0.3) is 0 Å². The molecule has 0 saturated heterocycles. The van der Waals surface area contributed by atoms with Crippen LogP contribution in [0.2, 0.25) is 0 Å². The maximum atomic E-state index is 12.3. The zero-order valence-electron chi connectivity index (χ0n) is 23.9. The lowest BCUT2D eigenvalue weighted by atomic mass is 10.1. The van der Waals surface area contributed by atoms with E-state index >= 15 is 0 Å². The minimum atomic E-state index is -4.50. The van der Waals surface area contributed by atoms with Gasteiger partial charge in [0.15, 0.2) is 0 Å². The van der Waals surface area contributed by atoms with Gasteiger partial charge in [0.1, 0.15) is 19.1 Å². The van der Waals surface area contributed by atoms with Gasteiger partial charge in [-0.1, -0.05) is 82.9 Å². The Morgan fingerprint density at radius 2 is 1.46 bits per heavy atom. The van der Waals surface area contributed by atoms with E-state index in [4.69, 9.17) is 14.2 Å². The number of carbonyl (C=O) groups excluding carboxylic acids is 2. The van der Waals surface area contributed by atoms with E-state index < -0.39 is 46.8 Å². The molecule has 0 spiro atoms. The van der Waals surface area contributed by atoms with E-state index in [0.717, 1.165) is 32.1 Å². The van der Waals surface area contributed by atoms with Gasteiger partial charge >= 0.3 is 22.4 Å². The number of unbranched alkanes of at least 4 members (excludes halogenated alkanes) is 12. The number of quaternary nitrogens is 1. The molecule has 3 atom stereocenters. The molecule has 227 valence electrons. The average molecular weight is 579 g/mol. The Kier molecular flexibility index (Phi) is 24.3. The summed E-state index contributed by atoms with van der Waals surface area (Å²) < 4.78 is 43.3. The third-order valence-corrected chi connectivity index (χ3v) is 7.40. The largest absolute Gasteiger partial charge is 0.466 e. The second-order valence-electron chi connectivity index (χ2n) is 9.57. The molecule has 11 heteroatoms. The first kappa shape index (κ1) is 37.4. The van der Waals surface area contributed by atoms with Crippen LogP contribution >= 0.6 is 0 Å². The third-order valence-electron chi connectivity index (χ3n) is 6.01. The van der Waals surface area contributed by atoms with Crippen LogP contribution in [0.5, 0.6) is 0 Å². The van der Waals surface area contributed by atoms with E-state index in [2.05, 4.69) is 35.8 Å². The predicted octanol–water partition coefficient (Wildman–Crippen LogP) is 4.37. The van der Waals surface area contributed by atoms with Gasteiger partial charge in [0.05, 0.1) is 24.4 Å². The van der Waals surface area contributed by atoms with Crippen molar-refractivity contribution in [3.8, 4) is 0 Å². The maximum absolute atomic E-state index is 12.3. The Morgan fingerprint density at radius 1 is 0.897 bits per heavy atom. The Balaban J connectivity index is 4.01. The summed E-state index contributed by atoms with van der Waals surface area (Å²) in [4.78, 5) is 24.4. The predicted molar refractivity (Wildman–Crippen MR) is 150 cm³/mol. The van der Waals surface area contributed by atoms with Crippen molar-refractivity contribution in [3.63, 3.8) is 0 Å². The summed E-state index contributed by atoms with van der Waals surface area (Å²) in [7, 11) is -4.50. The van der Waals surface area contributed by atoms with Crippen LogP contribution in [0.4, 0.5) is 0 Å². The highest BCUT2D eigenvalue weighted by molar-refractivity contribution is 7.94. The molecule has 4 N–H and O–H groups in total. The first-order chi connectivity index (χ1) is 18.8. The van der Waals surface area contributed by atoms with Crippen molar-refractivity contribution >= 4 is 22.4 Å². The van der Waals surface area contributed by atoms with E-state index in [1.54, 1.807) is 0 Å². The van der Waals surface area contributed by atoms with Gasteiger partial charge in [-0.15, -0.1) is 6.58 Å². The van der Waals surface area contributed by atoms with Crippen LogP contribution in [-0.4, -0.2) is 54.8 Å². The lowest BCUT2D eigenvalue weighted by Crippen LogP contribution is -2.57. The number of esters is 2. The quantitative estimate of drug-likeness (QED) is 0.0479. The van der Waals surface area contributed by atoms with Gasteiger partial charge in [0, 0.05) is 4.28 Å². The van der Waals surface area contributed by atoms with Crippen molar-refractivity contribution in [3.05, 3.63) is 24.8 Å². The van der Waals surface area contributed by atoms with Gasteiger partial charge in [-0.05, 0) is 36.3 Å². The minimum Gasteiger partial charge on any atom is -0.466 e. The van der Waals surface area contributed by atoms with Gasteiger partial charge < -0.3 is 19.3 Å². The van der Waals surface area contributed by atoms with E-state index in [0.29, 0.717) is 6.42 Å². The van der Waals surface area contributed by atoms with Gasteiger partial charge in [0.25, 0.3) is 5.25 Å². The smallest absolute Gasteiger partial charge is 0.463 e. The molecule has 10 nitrogen and oxygen atoms in total. The van der Waals surface area contributed by atoms with Crippen molar-refractivity contribution in [1.29, 1.82) is 0 Å². The minimum absolute atomic E-state index is 0.131. The van der Waals surface area contributed by atoms with Crippen molar-refractivity contribution in [2.45, 2.75) is 115 Å². The zero-order chi connectivity index (χ0) is 29.2. The number of hydrogen-bond donors (Lipinski definition) is 2. The van der Waals surface area contributed by atoms with E-state index in [9.17, 15) is 23.5 Å². The molecule has 0 aliphatic carbocycles. The summed E-state index contributed by atoms with van der Waals surface area (Å²) in [5.41, 5.74) is 0. The van der Waals surface area contributed by atoms with Crippen molar-refractivity contribution in [2.24, 2.45) is 0 Å². The Labute approximate surface area is 236 Å². The third kappa shape index (κ3) is 21.8. The number of aliphatic hydroxyl groups excluding tert-OH is 1. The van der Waals surface area contributed by atoms with Crippen LogP contribution in [0.15, 0.2) is 24.8 Å². The van der Waals surface area contributed by atoms with Crippen LogP contribution < -0.4 is 5.90 Å². The number of ether oxygens (including phenoxy) is 3. The highest BCUT2D eigenvalue weighted by Gasteiger charge is 2.53. The van der Waals surface area contributed by atoms with Crippen molar-refractivity contribution in [2.75, 3.05) is 26.4 Å². The number of allylic oxidation sites excluding steroid dienone is 2. The monoisotopic (exact) mass is 578 g/mol. The van der Waals surface area contributed by atoms with Crippen LogP contribution in [-0.2, 0) is 47.3 Å². The second kappa shape index (κ2) is 25.3. The summed E-state index contributed by atoms with van der Waals surface area (Å²) in [6, 6.07) is 0. The highest BCUT2D eigenvalue weighted by atomic mass is 32.3. The number of carbonyl (C=O) groups is 2. The van der Waals surface area contributed by atoms with Crippen LogP contribution in [0, 0.1) is 0 Å². The first-order valence-electron chi connectivity index (χ1n) is 14.3. The summed E-state index contributed by atoms with van der Waals surface area (Å²) >= 11 is 0. The fourth-order valence-corrected chi connectivity index (χ4v) is 4.55. The summed E-state index contributed by atoms with van der Waals surface area (Å²) in [5, 5.41) is 7.80. The SMILES string of the molecule is C=CCOCC(O)COC(=O)C(CC(=O)OCCCCCCCC/C=C/CCCCCCCC)[S+]([O])(=O)O[NH3+]. The number of aliphatic hydroxyl groups is 1. The van der Waals surface area contributed by atoms with Crippen LogP contribution in [0.1, 0.15) is 103 Å². The molecule has 1 radical (unpaired) electrons. The molecule has 0 heterocycles. The molecule has 0 amide bonds. The van der Waals surface area contributed by atoms with Crippen molar-refractivity contribution < 1.29 is 47.8 Å². The molecule has 0 fully saturated rings. The molecular weight excluding hydrogens is 526 g/mol. The zero-order valence-corrected chi connectivity index (χ0v) is 24.7. The normalized spacial score (nSPS) is 14.6. The standard InChI is InChI=1S/C28H52NO9S/c1-3-5-6-7-8-9-10-11-12-13-14-15-16-17-18-19-21-36-27(31)22-26(39(33,34)38-29)28(32)37-24-25(30)23-35-20-4-2/h4,11-12,25-26,30H,2-3,5-10,13-24H2,1,29H3/q+2/b12-11+. The van der Waals surface area contributed by atoms with Crippen LogP contribution in [0.3, 0.4) is 0 Å². The number of hydrogen-bond acceptors (Lipinski definition) is 8. The average Bonchev–Trinajstić information content (AvgIpc) is 2.92. The van der Waals surface area contributed by atoms with Gasteiger partial charge in [-0.3, -0.25) is 4.79 Å². The topological polar surface area (TPSA) is 156 Å². The molecule has 0 bridgehead atoms. The molecule has 0 aliphatic heterocycles. The first-order valence-corrected chi connectivity index (χ1v) is 15.8. The lowest BCUT2D eigenvalue weighted by molar-refractivity contribution is -0.637. The molecule has 39 heavy (non-hydrogen) atoms. The van der Waals surface area contributed by atoms with E-state index in [-0.39, 0.29) is 19.8 Å². The Morgan fingerprint density at radius 3 is 2.03 bits per heavy atom. The fraction of sp³-hybridized carbons (Fsp3) is 0.786. The molecule has 0 saturated carbocycles. The highest BCUT2D eigenvalue weighted by Crippen LogP contribution is 2.17. The number of rotatable bonds is 27. The molecular formula is C28H52NO9S+2. The molecule has 0 rings (SSSR count). The molecule has 0 aromatic heterocycles. The molecule has 0 aliphatic rings. The lowest BCUT2D eigenvalue weighted by Gasteiger charge is -2.13. The molecule has 3 unspecified atom stereocenters. The molecule has 0 aromatic carbocycles. The molecule has 0 aromatic rings.